The van der Waals surface area contributed by atoms with E-state index < -0.39 is 5.54 Å². The van der Waals surface area contributed by atoms with Crippen LogP contribution in [0.25, 0.3) is 5.82 Å². The van der Waals surface area contributed by atoms with Gasteiger partial charge in [0.05, 0.1) is 17.8 Å². The molecule has 2 heterocycles. The van der Waals surface area contributed by atoms with Crippen molar-refractivity contribution < 1.29 is 4.79 Å². The maximum Gasteiger partial charge on any atom is 0.229 e. The minimum absolute atomic E-state index is 0. The third-order valence-electron chi connectivity index (χ3n) is 4.33. The van der Waals surface area contributed by atoms with Crippen molar-refractivity contribution in [2.24, 2.45) is 11.7 Å². The molecule has 0 bridgehead atoms. The van der Waals surface area contributed by atoms with Gasteiger partial charge >= 0.3 is 0 Å². The van der Waals surface area contributed by atoms with Gasteiger partial charge in [0.2, 0.25) is 5.91 Å². The van der Waals surface area contributed by atoms with Crippen molar-refractivity contribution in [3.05, 3.63) is 36.8 Å². The average Bonchev–Trinajstić information content (AvgIpc) is 3.01. The average molecular weight is 372 g/mol. The van der Waals surface area contributed by atoms with Crippen LogP contribution in [0.5, 0.6) is 0 Å². The number of carbonyl (C=O) groups excluding carboxylic acids is 1. The predicted octanol–water partition coefficient (Wildman–Crippen LogP) is 2.96. The highest BCUT2D eigenvalue weighted by atomic mass is 35.5. The number of aromatic nitrogens is 3. The van der Waals surface area contributed by atoms with E-state index in [2.05, 4.69) is 15.4 Å². The van der Waals surface area contributed by atoms with Crippen LogP contribution < -0.4 is 11.1 Å². The first kappa shape index (κ1) is 20.4. The summed E-state index contributed by atoms with van der Waals surface area (Å²) in [6, 6.07) is 5.49. The topological polar surface area (TPSA) is 85.8 Å². The molecule has 2 atom stereocenters. The first-order valence-electron chi connectivity index (χ1n) is 7.62. The number of rotatable bonds is 3. The van der Waals surface area contributed by atoms with Crippen LogP contribution >= 0.6 is 24.8 Å². The molecule has 1 amide bonds. The van der Waals surface area contributed by atoms with Crippen molar-refractivity contribution in [1.29, 1.82) is 0 Å². The molecular formula is C16H23Cl2N5O. The molecule has 2 aromatic rings. The summed E-state index contributed by atoms with van der Waals surface area (Å²) in [6.45, 7) is 1.97. The van der Waals surface area contributed by atoms with Crippen LogP contribution in [0.2, 0.25) is 0 Å². The van der Waals surface area contributed by atoms with Crippen LogP contribution in [0.1, 0.15) is 32.6 Å². The van der Waals surface area contributed by atoms with Crippen LogP contribution in [-0.4, -0.2) is 26.2 Å². The van der Waals surface area contributed by atoms with E-state index in [-0.39, 0.29) is 36.6 Å². The molecular weight excluding hydrogens is 349 g/mol. The zero-order chi connectivity index (χ0) is 15.6. The van der Waals surface area contributed by atoms with E-state index in [0.717, 1.165) is 25.7 Å². The molecule has 3 rings (SSSR count). The molecule has 1 aliphatic carbocycles. The number of hydrogen-bond acceptors (Lipinski definition) is 4. The maximum atomic E-state index is 12.5. The standard InChI is InChI=1S/C16H21N5O.2ClH/c1-16(17)8-3-2-5-13(16)15(22)20-12-6-7-14(18-11-12)21-10-4-9-19-21;;/h4,6-7,9-11,13H,2-3,5,8,17H2,1H3,(H,20,22);2*1H. The molecule has 132 valence electrons. The summed E-state index contributed by atoms with van der Waals surface area (Å²) in [6.07, 6.45) is 9.05. The van der Waals surface area contributed by atoms with Crippen molar-refractivity contribution in [3.63, 3.8) is 0 Å². The summed E-state index contributed by atoms with van der Waals surface area (Å²) in [7, 11) is 0. The molecule has 0 saturated heterocycles. The van der Waals surface area contributed by atoms with E-state index in [1.807, 2.05) is 31.3 Å². The van der Waals surface area contributed by atoms with Gasteiger partial charge in [-0.3, -0.25) is 4.79 Å². The van der Waals surface area contributed by atoms with Gasteiger partial charge in [-0.25, -0.2) is 9.67 Å². The number of nitrogens with two attached hydrogens (primary N) is 1. The number of anilines is 1. The molecule has 3 N–H and O–H groups in total. The number of carbonyl (C=O) groups is 1. The van der Waals surface area contributed by atoms with Crippen LogP contribution in [0.3, 0.4) is 0 Å². The summed E-state index contributed by atoms with van der Waals surface area (Å²) in [4.78, 5) is 16.8. The fourth-order valence-corrected chi connectivity index (χ4v) is 3.02. The SMILES string of the molecule is CC1(N)CCCCC1C(=O)Nc1ccc(-n2cccn2)nc1.Cl.Cl. The Morgan fingerprint density at radius 3 is 2.75 bits per heavy atom. The lowest BCUT2D eigenvalue weighted by Crippen LogP contribution is -2.51. The van der Waals surface area contributed by atoms with Crippen LogP contribution in [0, 0.1) is 5.92 Å². The van der Waals surface area contributed by atoms with E-state index >= 15 is 0 Å². The van der Waals surface area contributed by atoms with Gasteiger partial charge in [-0.05, 0) is 38.0 Å². The van der Waals surface area contributed by atoms with Crippen molar-refractivity contribution >= 4 is 36.4 Å². The minimum Gasteiger partial charge on any atom is -0.325 e. The zero-order valence-electron chi connectivity index (χ0n) is 13.5. The zero-order valence-corrected chi connectivity index (χ0v) is 15.1. The normalized spacial score (nSPS) is 22.8. The Morgan fingerprint density at radius 2 is 2.17 bits per heavy atom. The quantitative estimate of drug-likeness (QED) is 0.868. The first-order valence-corrected chi connectivity index (χ1v) is 7.62. The monoisotopic (exact) mass is 371 g/mol. The molecule has 8 heteroatoms. The highest BCUT2D eigenvalue weighted by Gasteiger charge is 2.37. The van der Waals surface area contributed by atoms with Crippen LogP contribution in [0.4, 0.5) is 5.69 Å². The Balaban J connectivity index is 0.00000144. The Hall–Kier alpha value is -1.63. The largest absolute Gasteiger partial charge is 0.325 e. The van der Waals surface area contributed by atoms with Gasteiger partial charge in [0, 0.05) is 17.9 Å². The third-order valence-corrected chi connectivity index (χ3v) is 4.33. The summed E-state index contributed by atoms with van der Waals surface area (Å²) in [5.41, 5.74) is 6.53. The second-order valence-electron chi connectivity index (χ2n) is 6.15. The van der Waals surface area contributed by atoms with Crippen LogP contribution in [0.15, 0.2) is 36.8 Å². The Morgan fingerprint density at radius 1 is 1.38 bits per heavy atom. The second kappa shape index (κ2) is 8.46. The number of amides is 1. The number of hydrogen-bond donors (Lipinski definition) is 2. The molecule has 1 aliphatic rings. The number of halogens is 2. The summed E-state index contributed by atoms with van der Waals surface area (Å²) in [5.74, 6) is 0.551. The summed E-state index contributed by atoms with van der Waals surface area (Å²) in [5, 5.41) is 7.05. The van der Waals surface area contributed by atoms with E-state index in [4.69, 9.17) is 5.73 Å². The summed E-state index contributed by atoms with van der Waals surface area (Å²) >= 11 is 0. The number of nitrogens with zero attached hydrogens (tertiary/aromatic N) is 3. The molecule has 6 nitrogen and oxygen atoms in total. The van der Waals surface area contributed by atoms with E-state index in [1.165, 1.54) is 0 Å². The molecule has 2 aromatic heterocycles. The van der Waals surface area contributed by atoms with Crippen molar-refractivity contribution in [2.45, 2.75) is 38.1 Å². The van der Waals surface area contributed by atoms with Crippen molar-refractivity contribution in [1.82, 2.24) is 14.8 Å². The molecule has 0 aliphatic heterocycles. The Bertz CT molecular complexity index is 643. The second-order valence-corrected chi connectivity index (χ2v) is 6.15. The minimum atomic E-state index is -0.426. The Labute approximate surface area is 154 Å². The lowest BCUT2D eigenvalue weighted by atomic mass is 9.74. The molecule has 2 unspecified atom stereocenters. The van der Waals surface area contributed by atoms with Gasteiger partial charge in [0.15, 0.2) is 5.82 Å². The highest BCUT2D eigenvalue weighted by Crippen LogP contribution is 2.32. The van der Waals surface area contributed by atoms with Gasteiger partial charge in [-0.2, -0.15) is 5.10 Å². The number of nitrogens with one attached hydrogen (secondary N) is 1. The van der Waals surface area contributed by atoms with E-state index in [0.29, 0.717) is 11.5 Å². The van der Waals surface area contributed by atoms with E-state index in [1.54, 1.807) is 17.1 Å². The third kappa shape index (κ3) is 4.47. The van der Waals surface area contributed by atoms with Gasteiger partial charge in [-0.15, -0.1) is 24.8 Å². The molecule has 0 aromatic carbocycles. The van der Waals surface area contributed by atoms with Gasteiger partial charge < -0.3 is 11.1 Å². The van der Waals surface area contributed by atoms with Crippen molar-refractivity contribution in [3.8, 4) is 5.82 Å². The smallest absolute Gasteiger partial charge is 0.229 e. The highest BCUT2D eigenvalue weighted by molar-refractivity contribution is 5.93. The Kier molecular flexibility index (Phi) is 7.20. The van der Waals surface area contributed by atoms with Gasteiger partial charge in [0.25, 0.3) is 0 Å². The fraction of sp³-hybridized carbons (Fsp3) is 0.438. The van der Waals surface area contributed by atoms with Gasteiger partial charge in [0.1, 0.15) is 0 Å². The van der Waals surface area contributed by atoms with E-state index in [9.17, 15) is 4.79 Å². The number of pyridine rings is 1. The lowest BCUT2D eigenvalue weighted by Gasteiger charge is -2.37. The molecule has 1 fully saturated rings. The molecule has 0 spiro atoms. The molecule has 24 heavy (non-hydrogen) atoms. The predicted molar refractivity (Wildman–Crippen MR) is 99.0 cm³/mol. The van der Waals surface area contributed by atoms with Gasteiger partial charge in [-0.1, -0.05) is 12.8 Å². The maximum absolute atomic E-state index is 12.5. The van der Waals surface area contributed by atoms with Crippen LogP contribution in [-0.2, 0) is 4.79 Å². The fourth-order valence-electron chi connectivity index (χ4n) is 3.02. The first-order chi connectivity index (χ1) is 10.6. The lowest BCUT2D eigenvalue weighted by molar-refractivity contribution is -0.122. The summed E-state index contributed by atoms with van der Waals surface area (Å²) < 4.78 is 1.67. The molecule has 0 radical (unpaired) electrons. The van der Waals surface area contributed by atoms with Crippen molar-refractivity contribution in [2.75, 3.05) is 5.32 Å². The molecule has 1 saturated carbocycles.